The number of nitrogens with two attached hydrogens (primary N) is 1. The summed E-state index contributed by atoms with van der Waals surface area (Å²) in [6.07, 6.45) is 25.5. The van der Waals surface area contributed by atoms with E-state index >= 15 is 4.79 Å². The molecule has 8 heterocycles. The highest BCUT2D eigenvalue weighted by atomic mass is 16.6. The number of allylic oxidation sites excluding steroid dienone is 2. The number of esters is 2. The number of carbonyl (C=O) groups is 2. The monoisotopic (exact) mass is 862 g/mol. The Bertz CT molecular complexity index is 2340. The molecule has 7 heteroatoms. The molecule has 3 spiro atoms. The van der Waals surface area contributed by atoms with Gasteiger partial charge in [0.05, 0.1) is 11.0 Å². The lowest BCUT2D eigenvalue weighted by molar-refractivity contribution is -0.278. The smallest absolute Gasteiger partial charge is 0.339 e. The van der Waals surface area contributed by atoms with Crippen LogP contribution >= 0.6 is 0 Å². The van der Waals surface area contributed by atoms with E-state index < -0.39 is 16.4 Å². The van der Waals surface area contributed by atoms with Crippen LogP contribution in [0.1, 0.15) is 142 Å². The van der Waals surface area contributed by atoms with E-state index in [1.54, 1.807) is 11.3 Å². The van der Waals surface area contributed by atoms with Gasteiger partial charge in [0.15, 0.2) is 5.60 Å². The predicted octanol–water partition coefficient (Wildman–Crippen LogP) is 10.2. The molecule has 6 aliphatic carbocycles. The molecular formula is C57H71N3O4. The van der Waals surface area contributed by atoms with Gasteiger partial charge in [0.25, 0.3) is 0 Å². The summed E-state index contributed by atoms with van der Waals surface area (Å²) >= 11 is 0. The lowest BCUT2D eigenvalue weighted by Gasteiger charge is -2.72. The molecule has 2 saturated carbocycles. The van der Waals surface area contributed by atoms with Gasteiger partial charge < -0.3 is 20.1 Å². The first-order valence-corrected chi connectivity index (χ1v) is 26.3. The van der Waals surface area contributed by atoms with Crippen molar-refractivity contribution < 1.29 is 19.1 Å². The maximum Gasteiger partial charge on any atom is 0.339 e. The Labute approximate surface area is 381 Å². The highest BCUT2D eigenvalue weighted by Crippen LogP contribution is 2.87. The summed E-state index contributed by atoms with van der Waals surface area (Å²) in [7, 11) is 0. The Hall–Kier alpha value is -3.68. The van der Waals surface area contributed by atoms with Gasteiger partial charge in [-0.1, -0.05) is 105 Å². The average molecular weight is 862 g/mol. The molecule has 0 radical (unpaired) electrons. The van der Waals surface area contributed by atoms with Crippen molar-refractivity contribution in [3.63, 3.8) is 0 Å². The van der Waals surface area contributed by atoms with Crippen LogP contribution in [0.15, 0.2) is 77.2 Å². The van der Waals surface area contributed by atoms with Crippen molar-refractivity contribution in [2.24, 2.45) is 63.9 Å². The number of piperidine rings is 2. The maximum absolute atomic E-state index is 16.1. The summed E-state index contributed by atoms with van der Waals surface area (Å²) in [5.74, 6) is 4.28. The number of hydrogen-bond donors (Lipinski definition) is 1. The van der Waals surface area contributed by atoms with Gasteiger partial charge in [-0.2, -0.15) is 0 Å². The Balaban J connectivity index is 1.06. The fraction of sp³-hybridized carbons (Fsp3) is 0.649. The van der Waals surface area contributed by atoms with Crippen LogP contribution < -0.4 is 5.73 Å². The van der Waals surface area contributed by atoms with Crippen LogP contribution in [-0.4, -0.2) is 60.5 Å². The van der Waals surface area contributed by atoms with Gasteiger partial charge in [0, 0.05) is 55.3 Å². The van der Waals surface area contributed by atoms with Crippen LogP contribution in [-0.2, 0) is 39.1 Å². The fourth-order valence-corrected chi connectivity index (χ4v) is 18.0. The van der Waals surface area contributed by atoms with Crippen LogP contribution in [0, 0.1) is 58.2 Å². The first-order valence-electron chi connectivity index (χ1n) is 26.3. The van der Waals surface area contributed by atoms with E-state index in [4.69, 9.17) is 15.2 Å². The molecule has 8 aliphatic heterocycles. The molecule has 7 nitrogen and oxygen atoms in total. The summed E-state index contributed by atoms with van der Waals surface area (Å²) in [6, 6.07) is 16.4. The number of carbonyl (C=O) groups excluding carboxylic acids is 2. The molecule has 0 amide bonds. The largest absolute Gasteiger partial charge is 0.449 e. The van der Waals surface area contributed by atoms with Gasteiger partial charge in [-0.25, -0.2) is 4.79 Å². The van der Waals surface area contributed by atoms with Gasteiger partial charge >= 0.3 is 11.9 Å². The summed E-state index contributed by atoms with van der Waals surface area (Å²) in [5, 5.41) is 0. The molecule has 16 rings (SSSR count). The number of benzene rings is 2. The van der Waals surface area contributed by atoms with Crippen molar-refractivity contribution in [1.82, 2.24) is 9.80 Å². The van der Waals surface area contributed by atoms with Gasteiger partial charge in [0.1, 0.15) is 11.2 Å². The van der Waals surface area contributed by atoms with E-state index in [2.05, 4.69) is 71.3 Å². The number of hydrogen-bond acceptors (Lipinski definition) is 7. The normalized spacial score (nSPS) is 40.7. The van der Waals surface area contributed by atoms with Crippen molar-refractivity contribution in [3.8, 4) is 0 Å². The van der Waals surface area contributed by atoms with Gasteiger partial charge in [0.2, 0.25) is 0 Å². The second kappa shape index (κ2) is 15.2. The Morgan fingerprint density at radius 1 is 0.859 bits per heavy atom. The number of ether oxygens (including phenoxy) is 2. The molecule has 64 heavy (non-hydrogen) atoms. The quantitative estimate of drug-likeness (QED) is 0.237. The third-order valence-corrected chi connectivity index (χ3v) is 20.1. The number of aryl methyl sites for hydroxylation is 2. The molecule has 0 aromatic heterocycles. The van der Waals surface area contributed by atoms with Crippen LogP contribution in [0.5, 0.6) is 0 Å². The molecule has 338 valence electrons. The molecule has 14 aliphatic rings. The number of nitrogens with zero attached hydrogens (tertiary/aromatic N) is 2. The van der Waals surface area contributed by atoms with Crippen molar-refractivity contribution in [2.45, 2.75) is 141 Å². The zero-order chi connectivity index (χ0) is 43.0. The average Bonchev–Trinajstić information content (AvgIpc) is 3.75. The van der Waals surface area contributed by atoms with E-state index in [0.717, 1.165) is 132 Å². The molecule has 13 bridgehead atoms. The second-order valence-corrected chi connectivity index (χ2v) is 23.2. The summed E-state index contributed by atoms with van der Waals surface area (Å²) < 4.78 is 14.5. The number of fused-ring (bicyclic) bond motifs is 7. The van der Waals surface area contributed by atoms with Gasteiger partial charge in [-0.05, 0) is 148 Å². The second-order valence-electron chi connectivity index (χ2n) is 23.2. The van der Waals surface area contributed by atoms with E-state index in [-0.39, 0.29) is 17.9 Å². The summed E-state index contributed by atoms with van der Waals surface area (Å²) in [4.78, 5) is 36.9. The first-order chi connectivity index (χ1) is 31.3. The van der Waals surface area contributed by atoms with Crippen molar-refractivity contribution in [2.75, 3.05) is 32.7 Å². The molecule has 5 fully saturated rings. The maximum atomic E-state index is 16.1. The highest BCUT2D eigenvalue weighted by Gasteiger charge is 2.92. The van der Waals surface area contributed by atoms with E-state index in [1.165, 1.54) is 61.6 Å². The molecule has 11 unspecified atom stereocenters. The minimum absolute atomic E-state index is 0.0367. The molecule has 2 aromatic carbocycles. The minimum atomic E-state index is -0.967. The van der Waals surface area contributed by atoms with Crippen molar-refractivity contribution in [3.05, 3.63) is 105 Å². The summed E-state index contributed by atoms with van der Waals surface area (Å²) in [5.41, 5.74) is 13.8. The van der Waals surface area contributed by atoms with Crippen LogP contribution in [0.4, 0.5) is 0 Å². The van der Waals surface area contributed by atoms with Crippen LogP contribution in [0.25, 0.3) is 0 Å². The molecule has 11 atom stereocenters. The van der Waals surface area contributed by atoms with Crippen molar-refractivity contribution >= 4 is 11.9 Å². The zero-order valence-corrected chi connectivity index (χ0v) is 38.5. The minimum Gasteiger partial charge on any atom is -0.449 e. The standard InChI is InChI=1S/C57H71N3O4/c1-35-19-21-47-52-44-23-24-55-49(22-20-43(29-37-10-3-2-4-11-37)59-31-39-27-40(32-59)34-60(47)33-39)63-54(62)56(55)46(44)30-42(50(35)52)28-38-14-7-13-36(26-38)12-5-6-18-48(56)57(55)45-17-8-15-41(16-9-25-58)51(45)53(61)64-57/h7-8,13-15,17,21-22,26,35,37,39-40,42-43,48,50,52H,2-6,9-12,16,18-20,23-25,27-34,58H2,1H3. The van der Waals surface area contributed by atoms with Gasteiger partial charge in [-0.15, -0.1) is 0 Å². The van der Waals surface area contributed by atoms with Crippen LogP contribution in [0.3, 0.4) is 0 Å². The Morgan fingerprint density at radius 2 is 1.67 bits per heavy atom. The summed E-state index contributed by atoms with van der Waals surface area (Å²) in [6.45, 7) is 7.76. The molecular weight excluding hydrogens is 791 g/mol. The first kappa shape index (κ1) is 40.6. The molecule has 2 aromatic rings. The molecule has 3 saturated heterocycles. The van der Waals surface area contributed by atoms with Crippen LogP contribution in [0.2, 0.25) is 0 Å². The number of rotatable bonds is 5. The van der Waals surface area contributed by atoms with E-state index in [0.29, 0.717) is 48.1 Å². The predicted molar refractivity (Wildman–Crippen MR) is 249 cm³/mol. The SMILES string of the molecule is CC1CC=C2C3C4=C5CC(Cc6cccc(c6)CCCCC6C57C(=O)OC(=CCC(CC5CCCCC5)N5CC8CC(CN2C8)C5)C7(CC4)C62OC(=O)c4c(CCCN)cccc42)C13. The topological polar surface area (TPSA) is 85.1 Å². The lowest BCUT2D eigenvalue weighted by Crippen LogP contribution is -2.77. The Morgan fingerprint density at radius 3 is 2.52 bits per heavy atom. The zero-order valence-electron chi connectivity index (χ0n) is 38.5. The fourth-order valence-electron chi connectivity index (χ4n) is 18.0. The third-order valence-electron chi connectivity index (χ3n) is 20.1. The van der Waals surface area contributed by atoms with E-state index in [9.17, 15) is 4.79 Å². The third kappa shape index (κ3) is 5.52. The lowest BCUT2D eigenvalue weighted by atomic mass is 9.28. The van der Waals surface area contributed by atoms with Crippen molar-refractivity contribution in [1.29, 1.82) is 0 Å². The molecule has 2 N–H and O–H groups in total. The van der Waals surface area contributed by atoms with Gasteiger partial charge in [-0.3, -0.25) is 9.69 Å². The Kier molecular flexibility index (Phi) is 9.62. The highest BCUT2D eigenvalue weighted by molar-refractivity contribution is 6.00. The van der Waals surface area contributed by atoms with E-state index in [1.807, 2.05) is 0 Å².